The van der Waals surface area contributed by atoms with E-state index >= 15 is 0 Å². The first kappa shape index (κ1) is 14.7. The van der Waals surface area contributed by atoms with E-state index in [1.807, 2.05) is 0 Å². The summed E-state index contributed by atoms with van der Waals surface area (Å²) in [4.78, 5) is 10.1. The predicted molar refractivity (Wildman–Crippen MR) is 59.0 cm³/mol. The number of rotatable bonds is 4. The maximum absolute atomic E-state index is 13.4. The molecule has 0 saturated heterocycles. The number of halogens is 3. The fourth-order valence-corrected chi connectivity index (χ4v) is 1.78. The van der Waals surface area contributed by atoms with Crippen molar-refractivity contribution in [1.82, 2.24) is 5.32 Å². The van der Waals surface area contributed by atoms with Crippen LogP contribution in [-0.4, -0.2) is 28.0 Å². The third kappa shape index (κ3) is 3.54. The summed E-state index contributed by atoms with van der Waals surface area (Å²) in [7, 11) is 2.02. The topological polar surface area (TPSA) is 72.5 Å². The number of carbonyl (C=O) groups is 1. The SMILES string of the molecule is CNC(=O)COc1c(F)cc(S(=O)(=O)Cl)cc1F. The largest absolute Gasteiger partial charge is 0.478 e. The minimum Gasteiger partial charge on any atom is -0.478 e. The number of hydrogen-bond donors (Lipinski definition) is 1. The lowest BCUT2D eigenvalue weighted by atomic mass is 10.3. The number of likely N-dealkylation sites (N-methyl/N-ethyl adjacent to an activating group) is 1. The van der Waals surface area contributed by atoms with E-state index in [1.165, 1.54) is 7.05 Å². The number of carbonyl (C=O) groups excluding carboxylic acids is 1. The summed E-state index contributed by atoms with van der Waals surface area (Å²) in [6, 6.07) is 1.01. The van der Waals surface area contributed by atoms with Crippen molar-refractivity contribution in [2.45, 2.75) is 4.90 Å². The van der Waals surface area contributed by atoms with E-state index in [-0.39, 0.29) is 0 Å². The molecule has 0 aliphatic heterocycles. The zero-order chi connectivity index (χ0) is 13.9. The van der Waals surface area contributed by atoms with Crippen LogP contribution in [0.15, 0.2) is 17.0 Å². The summed E-state index contributed by atoms with van der Waals surface area (Å²) < 4.78 is 53.1. The van der Waals surface area contributed by atoms with Gasteiger partial charge >= 0.3 is 0 Å². The molecule has 0 fully saturated rings. The molecule has 1 N–H and O–H groups in total. The molecule has 18 heavy (non-hydrogen) atoms. The predicted octanol–water partition coefficient (Wildman–Crippen LogP) is 1.02. The van der Waals surface area contributed by atoms with Gasteiger partial charge in [0.25, 0.3) is 15.0 Å². The lowest BCUT2D eigenvalue weighted by Crippen LogP contribution is -2.25. The van der Waals surface area contributed by atoms with Crippen LogP contribution in [0, 0.1) is 11.6 Å². The molecule has 9 heteroatoms. The van der Waals surface area contributed by atoms with Crippen LogP contribution in [0.4, 0.5) is 8.78 Å². The summed E-state index contributed by atoms with van der Waals surface area (Å²) >= 11 is 0. The molecule has 0 bridgehead atoms. The Kier molecular flexibility index (Phi) is 4.47. The summed E-state index contributed by atoms with van der Waals surface area (Å²) in [5.41, 5.74) is 0. The Balaban J connectivity index is 3.06. The van der Waals surface area contributed by atoms with Crippen molar-refractivity contribution in [3.05, 3.63) is 23.8 Å². The average Bonchev–Trinajstić information content (AvgIpc) is 2.26. The van der Waals surface area contributed by atoms with Crippen molar-refractivity contribution in [2.24, 2.45) is 0 Å². The zero-order valence-electron chi connectivity index (χ0n) is 9.04. The molecule has 1 amide bonds. The minimum absolute atomic E-state index is 0.505. The third-order valence-electron chi connectivity index (χ3n) is 1.88. The molecule has 1 rings (SSSR count). The highest BCUT2D eigenvalue weighted by atomic mass is 35.7. The van der Waals surface area contributed by atoms with Crippen LogP contribution >= 0.6 is 10.7 Å². The highest BCUT2D eigenvalue weighted by Crippen LogP contribution is 2.26. The van der Waals surface area contributed by atoms with Gasteiger partial charge in [-0.25, -0.2) is 17.2 Å². The molecule has 0 aliphatic rings. The summed E-state index contributed by atoms with van der Waals surface area (Å²) in [5, 5.41) is 2.18. The molecule has 0 saturated carbocycles. The van der Waals surface area contributed by atoms with Crippen molar-refractivity contribution in [3.63, 3.8) is 0 Å². The van der Waals surface area contributed by atoms with Crippen LogP contribution in [0.1, 0.15) is 0 Å². The molecule has 0 aliphatic carbocycles. The Morgan fingerprint density at radius 2 is 1.89 bits per heavy atom. The molecule has 1 aromatic carbocycles. The second-order valence-corrected chi connectivity index (χ2v) is 5.68. The summed E-state index contributed by atoms with van der Waals surface area (Å²) in [6.07, 6.45) is 0. The van der Waals surface area contributed by atoms with Gasteiger partial charge in [0, 0.05) is 17.7 Å². The van der Waals surface area contributed by atoms with Crippen LogP contribution in [0.3, 0.4) is 0 Å². The van der Waals surface area contributed by atoms with Gasteiger partial charge in [0.1, 0.15) is 0 Å². The zero-order valence-corrected chi connectivity index (χ0v) is 10.6. The van der Waals surface area contributed by atoms with E-state index in [2.05, 4.69) is 10.1 Å². The number of nitrogens with one attached hydrogen (secondary N) is 1. The van der Waals surface area contributed by atoms with Gasteiger partial charge in [0.15, 0.2) is 24.0 Å². The van der Waals surface area contributed by atoms with E-state index in [0.29, 0.717) is 12.1 Å². The second-order valence-electron chi connectivity index (χ2n) is 3.12. The molecule has 0 spiro atoms. The molecule has 0 unspecified atom stereocenters. The van der Waals surface area contributed by atoms with Crippen LogP contribution in [0.25, 0.3) is 0 Å². The van der Waals surface area contributed by atoms with Gasteiger partial charge in [-0.3, -0.25) is 4.79 Å². The molecular formula is C9H8ClF2NO4S. The fraction of sp³-hybridized carbons (Fsp3) is 0.222. The molecule has 0 radical (unpaired) electrons. The molecule has 0 atom stereocenters. The molecular weight excluding hydrogens is 292 g/mol. The standard InChI is InChI=1S/C9H8ClF2NO4S/c1-13-8(14)4-17-9-6(11)2-5(3-7(9)12)18(10,15)16/h2-3H,4H2,1H3,(H,13,14). The first-order valence-electron chi connectivity index (χ1n) is 4.52. The van der Waals surface area contributed by atoms with E-state index in [0.717, 1.165) is 0 Å². The summed E-state index contributed by atoms with van der Waals surface area (Å²) in [5.74, 6) is -3.97. The lowest BCUT2D eigenvalue weighted by molar-refractivity contribution is -0.122. The Morgan fingerprint density at radius 1 is 1.39 bits per heavy atom. The van der Waals surface area contributed by atoms with Gasteiger partial charge in [0.2, 0.25) is 0 Å². The third-order valence-corrected chi connectivity index (χ3v) is 3.21. The average molecular weight is 300 g/mol. The van der Waals surface area contributed by atoms with Crippen molar-refractivity contribution < 1.29 is 26.7 Å². The van der Waals surface area contributed by atoms with E-state index in [4.69, 9.17) is 10.7 Å². The summed E-state index contributed by atoms with van der Waals surface area (Å²) in [6.45, 7) is -0.600. The molecule has 5 nitrogen and oxygen atoms in total. The van der Waals surface area contributed by atoms with Crippen molar-refractivity contribution in [3.8, 4) is 5.75 Å². The fourth-order valence-electron chi connectivity index (χ4n) is 1.03. The maximum atomic E-state index is 13.4. The van der Waals surface area contributed by atoms with Gasteiger partial charge < -0.3 is 10.1 Å². The van der Waals surface area contributed by atoms with Gasteiger partial charge in [-0.2, -0.15) is 0 Å². The number of hydrogen-bond acceptors (Lipinski definition) is 4. The van der Waals surface area contributed by atoms with Crippen molar-refractivity contribution >= 4 is 25.6 Å². The molecule has 1 aromatic rings. The highest BCUT2D eigenvalue weighted by Gasteiger charge is 2.19. The second kappa shape index (κ2) is 5.49. The Bertz CT molecular complexity index is 553. The highest BCUT2D eigenvalue weighted by molar-refractivity contribution is 8.13. The first-order chi connectivity index (χ1) is 8.25. The molecule has 100 valence electrons. The quantitative estimate of drug-likeness (QED) is 0.843. The first-order valence-corrected chi connectivity index (χ1v) is 6.83. The van der Waals surface area contributed by atoms with Gasteiger partial charge in [0.05, 0.1) is 4.90 Å². The minimum atomic E-state index is -4.24. The van der Waals surface area contributed by atoms with Crippen molar-refractivity contribution in [1.29, 1.82) is 0 Å². The van der Waals surface area contributed by atoms with Crippen LogP contribution in [0.2, 0.25) is 0 Å². The van der Waals surface area contributed by atoms with Gasteiger partial charge in [-0.15, -0.1) is 0 Å². The number of ether oxygens (including phenoxy) is 1. The van der Waals surface area contributed by atoms with Gasteiger partial charge in [-0.1, -0.05) is 0 Å². The molecule has 0 heterocycles. The normalized spacial score (nSPS) is 11.1. The van der Waals surface area contributed by atoms with E-state index in [1.54, 1.807) is 0 Å². The molecule has 0 aromatic heterocycles. The van der Waals surface area contributed by atoms with E-state index < -0.39 is 43.8 Å². The van der Waals surface area contributed by atoms with Crippen LogP contribution < -0.4 is 10.1 Å². The van der Waals surface area contributed by atoms with Crippen LogP contribution in [0.5, 0.6) is 5.75 Å². The number of benzene rings is 1. The Morgan fingerprint density at radius 3 is 2.28 bits per heavy atom. The maximum Gasteiger partial charge on any atom is 0.261 e. The number of amides is 1. The Hall–Kier alpha value is -1.41. The van der Waals surface area contributed by atoms with Crippen molar-refractivity contribution in [2.75, 3.05) is 13.7 Å². The monoisotopic (exact) mass is 299 g/mol. The smallest absolute Gasteiger partial charge is 0.261 e. The Labute approximate surface area is 106 Å². The van der Waals surface area contributed by atoms with Gasteiger partial charge in [-0.05, 0) is 12.1 Å². The lowest BCUT2D eigenvalue weighted by Gasteiger charge is -2.08. The van der Waals surface area contributed by atoms with E-state index in [9.17, 15) is 22.0 Å². The van der Waals surface area contributed by atoms with Crippen LogP contribution in [-0.2, 0) is 13.8 Å².